The molecule has 0 heterocycles. The zero-order valence-corrected chi connectivity index (χ0v) is 13.0. The predicted molar refractivity (Wildman–Crippen MR) is 81.8 cm³/mol. The van der Waals surface area contributed by atoms with Crippen LogP contribution in [-0.2, 0) is 11.3 Å². The first-order valence-electron chi connectivity index (χ1n) is 7.82. The summed E-state index contributed by atoms with van der Waals surface area (Å²) in [5, 5.41) is 13.1. The summed E-state index contributed by atoms with van der Waals surface area (Å²) in [4.78, 5) is 0. The first-order chi connectivity index (χ1) is 10.1. The van der Waals surface area contributed by atoms with Gasteiger partial charge < -0.3 is 15.2 Å². The van der Waals surface area contributed by atoms with Gasteiger partial charge in [-0.05, 0) is 43.4 Å². The quantitative estimate of drug-likeness (QED) is 0.813. The van der Waals surface area contributed by atoms with Crippen LogP contribution in [0.2, 0.25) is 0 Å². The lowest BCUT2D eigenvalue weighted by molar-refractivity contribution is -0.00549. The van der Waals surface area contributed by atoms with Gasteiger partial charge in [0.1, 0.15) is 5.82 Å². The highest BCUT2D eigenvalue weighted by molar-refractivity contribution is 5.30. The van der Waals surface area contributed by atoms with E-state index < -0.39 is 6.10 Å². The van der Waals surface area contributed by atoms with Gasteiger partial charge in [-0.25, -0.2) is 4.39 Å². The van der Waals surface area contributed by atoms with Crippen LogP contribution in [-0.4, -0.2) is 30.5 Å². The Morgan fingerprint density at radius 3 is 2.52 bits per heavy atom. The second kappa shape index (κ2) is 7.87. The lowest BCUT2D eigenvalue weighted by Gasteiger charge is -2.16. The minimum absolute atomic E-state index is 0.135. The topological polar surface area (TPSA) is 41.5 Å². The summed E-state index contributed by atoms with van der Waals surface area (Å²) in [7, 11) is 0. The van der Waals surface area contributed by atoms with Crippen LogP contribution in [0.1, 0.15) is 42.4 Å². The van der Waals surface area contributed by atoms with Crippen LogP contribution in [0.15, 0.2) is 12.1 Å². The van der Waals surface area contributed by atoms with Crippen LogP contribution in [0.3, 0.4) is 0 Å². The van der Waals surface area contributed by atoms with E-state index in [1.54, 1.807) is 13.8 Å². The van der Waals surface area contributed by atoms with Gasteiger partial charge in [0.25, 0.3) is 0 Å². The molecule has 1 unspecified atom stereocenters. The number of aliphatic hydroxyl groups is 1. The highest BCUT2D eigenvalue weighted by Crippen LogP contribution is 2.20. The minimum Gasteiger partial charge on any atom is -0.389 e. The van der Waals surface area contributed by atoms with E-state index in [0.717, 1.165) is 18.4 Å². The molecule has 0 aromatic heterocycles. The second-order valence-corrected chi connectivity index (χ2v) is 6.07. The minimum atomic E-state index is -0.492. The first-order valence-corrected chi connectivity index (χ1v) is 7.82. The standard InChI is InChI=1S/C17H26FNO2/c1-12-7-14(8-13(2)17(12)18)9-19-10-15(20)11-21-16-5-3-4-6-16/h7-8,15-16,19-20H,3-6,9-11H2,1-2H3. The molecule has 1 fully saturated rings. The number of hydrogen-bond donors (Lipinski definition) is 2. The van der Waals surface area contributed by atoms with Crippen LogP contribution in [0, 0.1) is 19.7 Å². The number of benzene rings is 1. The van der Waals surface area contributed by atoms with Crippen molar-refractivity contribution in [1.29, 1.82) is 0 Å². The van der Waals surface area contributed by atoms with Gasteiger partial charge in [-0.3, -0.25) is 0 Å². The third-order valence-corrected chi connectivity index (χ3v) is 4.03. The Morgan fingerprint density at radius 2 is 1.90 bits per heavy atom. The molecule has 1 aromatic carbocycles. The Labute approximate surface area is 126 Å². The molecule has 0 radical (unpaired) electrons. The molecule has 1 atom stereocenters. The number of hydrogen-bond acceptors (Lipinski definition) is 3. The second-order valence-electron chi connectivity index (χ2n) is 6.07. The van der Waals surface area contributed by atoms with E-state index >= 15 is 0 Å². The van der Waals surface area contributed by atoms with Crippen molar-refractivity contribution < 1.29 is 14.2 Å². The lowest BCUT2D eigenvalue weighted by atomic mass is 10.1. The molecule has 0 amide bonds. The molecule has 2 rings (SSSR count). The summed E-state index contributed by atoms with van der Waals surface area (Å²) in [6, 6.07) is 3.69. The molecule has 1 aromatic rings. The van der Waals surface area contributed by atoms with E-state index in [-0.39, 0.29) is 5.82 Å². The Balaban J connectivity index is 1.68. The van der Waals surface area contributed by atoms with Crippen molar-refractivity contribution in [1.82, 2.24) is 5.32 Å². The van der Waals surface area contributed by atoms with Gasteiger partial charge in [-0.15, -0.1) is 0 Å². The number of aliphatic hydroxyl groups excluding tert-OH is 1. The van der Waals surface area contributed by atoms with Crippen molar-refractivity contribution in [2.24, 2.45) is 0 Å². The highest BCUT2D eigenvalue weighted by atomic mass is 19.1. The molecule has 1 aliphatic rings. The normalized spacial score (nSPS) is 17.3. The summed E-state index contributed by atoms with van der Waals surface area (Å²) < 4.78 is 19.2. The van der Waals surface area contributed by atoms with E-state index in [1.165, 1.54) is 12.8 Å². The molecule has 1 saturated carbocycles. The van der Waals surface area contributed by atoms with Crippen molar-refractivity contribution in [2.75, 3.05) is 13.2 Å². The fourth-order valence-electron chi connectivity index (χ4n) is 2.88. The maximum atomic E-state index is 13.5. The highest BCUT2D eigenvalue weighted by Gasteiger charge is 2.16. The number of halogens is 1. The fraction of sp³-hybridized carbons (Fsp3) is 0.647. The summed E-state index contributed by atoms with van der Waals surface area (Å²) in [6.07, 6.45) is 4.56. The van der Waals surface area contributed by atoms with E-state index in [4.69, 9.17) is 4.74 Å². The summed E-state index contributed by atoms with van der Waals surface area (Å²) in [5.74, 6) is -0.135. The Hall–Kier alpha value is -0.970. The van der Waals surface area contributed by atoms with Gasteiger partial charge in [-0.1, -0.05) is 25.0 Å². The summed E-state index contributed by atoms with van der Waals surface area (Å²) in [5.41, 5.74) is 2.36. The maximum absolute atomic E-state index is 13.5. The van der Waals surface area contributed by atoms with Gasteiger partial charge in [0.05, 0.1) is 18.8 Å². The van der Waals surface area contributed by atoms with Gasteiger partial charge in [0, 0.05) is 13.1 Å². The van der Waals surface area contributed by atoms with Crippen LogP contribution in [0.5, 0.6) is 0 Å². The first kappa shape index (κ1) is 16.4. The Kier molecular flexibility index (Phi) is 6.15. The average molecular weight is 295 g/mol. The van der Waals surface area contributed by atoms with Gasteiger partial charge >= 0.3 is 0 Å². The molecule has 2 N–H and O–H groups in total. The lowest BCUT2D eigenvalue weighted by Crippen LogP contribution is -2.31. The van der Waals surface area contributed by atoms with E-state index in [1.807, 2.05) is 12.1 Å². The van der Waals surface area contributed by atoms with E-state index in [9.17, 15) is 9.50 Å². The van der Waals surface area contributed by atoms with Gasteiger partial charge in [-0.2, -0.15) is 0 Å². The molecular formula is C17H26FNO2. The molecule has 0 bridgehead atoms. The Bertz CT molecular complexity index is 435. The molecular weight excluding hydrogens is 269 g/mol. The monoisotopic (exact) mass is 295 g/mol. The van der Waals surface area contributed by atoms with Crippen LogP contribution in [0.25, 0.3) is 0 Å². The summed E-state index contributed by atoms with van der Waals surface area (Å²) >= 11 is 0. The van der Waals surface area contributed by atoms with E-state index in [0.29, 0.717) is 36.9 Å². The molecule has 0 spiro atoms. The zero-order chi connectivity index (χ0) is 15.2. The largest absolute Gasteiger partial charge is 0.389 e. The van der Waals surface area contributed by atoms with Crippen LogP contribution in [0.4, 0.5) is 4.39 Å². The van der Waals surface area contributed by atoms with Crippen LogP contribution >= 0.6 is 0 Å². The predicted octanol–water partition coefficient (Wildman–Crippen LogP) is 2.85. The van der Waals surface area contributed by atoms with Crippen molar-refractivity contribution in [3.8, 4) is 0 Å². The summed E-state index contributed by atoms with van der Waals surface area (Å²) in [6.45, 7) is 5.05. The number of nitrogens with one attached hydrogen (secondary N) is 1. The molecule has 118 valence electrons. The number of ether oxygens (including phenoxy) is 1. The maximum Gasteiger partial charge on any atom is 0.129 e. The smallest absolute Gasteiger partial charge is 0.129 e. The number of rotatable bonds is 7. The van der Waals surface area contributed by atoms with Crippen molar-refractivity contribution in [2.45, 2.75) is 58.3 Å². The molecule has 0 aliphatic heterocycles. The average Bonchev–Trinajstić information content (AvgIpc) is 2.96. The molecule has 0 saturated heterocycles. The molecule has 4 heteroatoms. The van der Waals surface area contributed by atoms with Crippen LogP contribution < -0.4 is 5.32 Å². The molecule has 1 aliphatic carbocycles. The van der Waals surface area contributed by atoms with Gasteiger partial charge in [0.2, 0.25) is 0 Å². The molecule has 3 nitrogen and oxygen atoms in total. The van der Waals surface area contributed by atoms with Gasteiger partial charge in [0.15, 0.2) is 0 Å². The van der Waals surface area contributed by atoms with Crippen molar-refractivity contribution >= 4 is 0 Å². The fourth-order valence-corrected chi connectivity index (χ4v) is 2.88. The SMILES string of the molecule is Cc1cc(CNCC(O)COC2CCCC2)cc(C)c1F. The third kappa shape index (κ3) is 5.06. The van der Waals surface area contributed by atoms with Crippen molar-refractivity contribution in [3.63, 3.8) is 0 Å². The molecule has 21 heavy (non-hydrogen) atoms. The van der Waals surface area contributed by atoms with E-state index in [2.05, 4.69) is 5.32 Å². The number of aryl methyl sites for hydroxylation is 2. The van der Waals surface area contributed by atoms with Crippen molar-refractivity contribution in [3.05, 3.63) is 34.6 Å². The Morgan fingerprint density at radius 1 is 1.29 bits per heavy atom. The third-order valence-electron chi connectivity index (χ3n) is 4.03. The zero-order valence-electron chi connectivity index (χ0n) is 13.0.